The van der Waals surface area contributed by atoms with Gasteiger partial charge in [-0.25, -0.2) is 0 Å². The molecule has 88 valence electrons. The van der Waals surface area contributed by atoms with E-state index in [0.29, 0.717) is 0 Å². The van der Waals surface area contributed by atoms with E-state index in [0.717, 1.165) is 25.7 Å². The summed E-state index contributed by atoms with van der Waals surface area (Å²) in [6, 6.07) is 2.01. The summed E-state index contributed by atoms with van der Waals surface area (Å²) in [6.45, 7) is 0.270. The van der Waals surface area contributed by atoms with Gasteiger partial charge in [-0.3, -0.25) is 9.48 Å². The molecule has 1 heterocycles. The molecule has 5 heteroatoms. The molecule has 2 N–H and O–H groups in total. The minimum Gasteiger partial charge on any atom is -0.393 e. The number of carbonyl (C=O) groups excluding carboxylic acids is 1. The summed E-state index contributed by atoms with van der Waals surface area (Å²) < 4.78 is 1.60. The third-order valence-electron chi connectivity index (χ3n) is 2.93. The Balaban J connectivity index is 1.75. The molecule has 5 nitrogen and oxygen atoms in total. The molecule has 0 aliphatic heterocycles. The Kier molecular flexibility index (Phi) is 3.56. The minimum absolute atomic E-state index is 0.00918. The van der Waals surface area contributed by atoms with Gasteiger partial charge in [0.25, 0.3) is 0 Å². The van der Waals surface area contributed by atoms with Gasteiger partial charge in [0, 0.05) is 18.4 Å². The van der Waals surface area contributed by atoms with Crippen LogP contribution in [0.15, 0.2) is 18.5 Å². The molecule has 16 heavy (non-hydrogen) atoms. The molecule has 1 aromatic rings. The van der Waals surface area contributed by atoms with Crippen LogP contribution in [0, 0.1) is 0 Å². The van der Waals surface area contributed by atoms with Crippen molar-refractivity contribution in [1.82, 2.24) is 15.1 Å². The van der Waals surface area contributed by atoms with Gasteiger partial charge in [0.1, 0.15) is 6.54 Å². The molecule has 1 amide bonds. The lowest BCUT2D eigenvalue weighted by molar-refractivity contribution is -0.122. The van der Waals surface area contributed by atoms with Gasteiger partial charge >= 0.3 is 0 Å². The predicted molar refractivity (Wildman–Crippen MR) is 58.6 cm³/mol. The first kappa shape index (κ1) is 11.1. The predicted octanol–water partition coefficient (Wildman–Crippen LogP) is 0.303. The summed E-state index contributed by atoms with van der Waals surface area (Å²) >= 11 is 0. The van der Waals surface area contributed by atoms with Gasteiger partial charge in [-0.05, 0) is 31.7 Å². The molecule has 1 aromatic heterocycles. The van der Waals surface area contributed by atoms with Crippen LogP contribution in [0.4, 0.5) is 0 Å². The molecule has 1 fully saturated rings. The Morgan fingerprint density at radius 3 is 2.81 bits per heavy atom. The summed E-state index contributed by atoms with van der Waals surface area (Å²) in [7, 11) is 0. The minimum atomic E-state index is -0.181. The first-order chi connectivity index (χ1) is 7.74. The molecule has 0 unspecified atom stereocenters. The van der Waals surface area contributed by atoms with E-state index in [-0.39, 0.29) is 24.6 Å². The Bertz CT molecular complexity index is 329. The number of aliphatic hydroxyl groups excluding tert-OH is 1. The first-order valence-corrected chi connectivity index (χ1v) is 5.69. The van der Waals surface area contributed by atoms with Crippen LogP contribution >= 0.6 is 0 Å². The normalized spacial score (nSPS) is 25.3. The lowest BCUT2D eigenvalue weighted by Crippen LogP contribution is -2.40. The maximum atomic E-state index is 11.6. The second-order valence-corrected chi connectivity index (χ2v) is 4.28. The number of hydrogen-bond acceptors (Lipinski definition) is 3. The standard InChI is InChI=1S/C11H17N3O2/c15-10-4-2-9(3-5-10)13-11(16)8-14-7-1-6-12-14/h1,6-7,9-10,15H,2-5,8H2,(H,13,16). The van der Waals surface area contributed by atoms with Crippen molar-refractivity contribution in [2.24, 2.45) is 0 Å². The highest BCUT2D eigenvalue weighted by Gasteiger charge is 2.20. The van der Waals surface area contributed by atoms with E-state index in [2.05, 4.69) is 10.4 Å². The lowest BCUT2D eigenvalue weighted by atomic mass is 9.93. The van der Waals surface area contributed by atoms with Crippen molar-refractivity contribution in [2.45, 2.75) is 44.4 Å². The average Bonchev–Trinajstić information content (AvgIpc) is 2.74. The Morgan fingerprint density at radius 2 is 2.19 bits per heavy atom. The van der Waals surface area contributed by atoms with Crippen molar-refractivity contribution in [3.63, 3.8) is 0 Å². The molecule has 0 spiro atoms. The molecule has 0 aromatic carbocycles. The van der Waals surface area contributed by atoms with Crippen LogP contribution in [0.5, 0.6) is 0 Å². The van der Waals surface area contributed by atoms with Gasteiger partial charge in [0.05, 0.1) is 6.10 Å². The third kappa shape index (κ3) is 3.06. The average molecular weight is 223 g/mol. The Morgan fingerprint density at radius 1 is 1.44 bits per heavy atom. The smallest absolute Gasteiger partial charge is 0.241 e. The van der Waals surface area contributed by atoms with Gasteiger partial charge in [0.2, 0.25) is 5.91 Å². The van der Waals surface area contributed by atoms with Crippen molar-refractivity contribution >= 4 is 5.91 Å². The maximum Gasteiger partial charge on any atom is 0.241 e. The van der Waals surface area contributed by atoms with Crippen molar-refractivity contribution in [1.29, 1.82) is 0 Å². The lowest BCUT2D eigenvalue weighted by Gasteiger charge is -2.26. The fourth-order valence-electron chi connectivity index (χ4n) is 2.03. The van der Waals surface area contributed by atoms with Crippen LogP contribution < -0.4 is 5.32 Å². The van der Waals surface area contributed by atoms with Crippen molar-refractivity contribution in [3.05, 3.63) is 18.5 Å². The van der Waals surface area contributed by atoms with Crippen molar-refractivity contribution in [3.8, 4) is 0 Å². The van der Waals surface area contributed by atoms with E-state index in [1.807, 2.05) is 0 Å². The molecule has 0 atom stereocenters. The topological polar surface area (TPSA) is 67.2 Å². The van der Waals surface area contributed by atoms with E-state index in [1.165, 1.54) is 0 Å². The summed E-state index contributed by atoms with van der Waals surface area (Å²) in [6.07, 6.45) is 6.55. The van der Waals surface area contributed by atoms with Crippen LogP contribution in [-0.4, -0.2) is 32.9 Å². The number of nitrogens with zero attached hydrogens (tertiary/aromatic N) is 2. The monoisotopic (exact) mass is 223 g/mol. The number of nitrogens with one attached hydrogen (secondary N) is 1. The molecular weight excluding hydrogens is 206 g/mol. The highest BCUT2D eigenvalue weighted by Crippen LogP contribution is 2.18. The molecule has 0 bridgehead atoms. The van der Waals surface area contributed by atoms with Crippen LogP contribution in [0.3, 0.4) is 0 Å². The van der Waals surface area contributed by atoms with E-state index in [1.54, 1.807) is 23.1 Å². The number of aromatic nitrogens is 2. The number of hydrogen-bond donors (Lipinski definition) is 2. The largest absolute Gasteiger partial charge is 0.393 e. The Hall–Kier alpha value is -1.36. The molecule has 0 saturated heterocycles. The quantitative estimate of drug-likeness (QED) is 0.774. The summed E-state index contributed by atoms with van der Waals surface area (Å²) in [4.78, 5) is 11.6. The number of aliphatic hydroxyl groups is 1. The zero-order chi connectivity index (χ0) is 11.4. The van der Waals surface area contributed by atoms with E-state index in [9.17, 15) is 9.90 Å². The van der Waals surface area contributed by atoms with Crippen molar-refractivity contribution < 1.29 is 9.90 Å². The highest BCUT2D eigenvalue weighted by molar-refractivity contribution is 5.75. The fourth-order valence-corrected chi connectivity index (χ4v) is 2.03. The van der Waals surface area contributed by atoms with Crippen molar-refractivity contribution in [2.75, 3.05) is 0 Å². The second-order valence-electron chi connectivity index (χ2n) is 4.28. The Labute approximate surface area is 94.5 Å². The highest BCUT2D eigenvalue weighted by atomic mass is 16.3. The summed E-state index contributed by atoms with van der Waals surface area (Å²) in [5, 5.41) is 16.3. The van der Waals surface area contributed by atoms with Gasteiger partial charge in [-0.1, -0.05) is 0 Å². The zero-order valence-corrected chi connectivity index (χ0v) is 9.17. The van der Waals surface area contributed by atoms with Crippen LogP contribution in [0.25, 0.3) is 0 Å². The maximum absolute atomic E-state index is 11.6. The first-order valence-electron chi connectivity index (χ1n) is 5.69. The van der Waals surface area contributed by atoms with Crippen LogP contribution in [-0.2, 0) is 11.3 Å². The van der Waals surface area contributed by atoms with Gasteiger partial charge in [-0.15, -0.1) is 0 Å². The summed E-state index contributed by atoms with van der Waals surface area (Å²) in [5.41, 5.74) is 0. The van der Waals surface area contributed by atoms with E-state index >= 15 is 0 Å². The third-order valence-corrected chi connectivity index (χ3v) is 2.93. The number of amides is 1. The molecule has 2 rings (SSSR count). The molecule has 1 saturated carbocycles. The molecule has 1 aliphatic rings. The van der Waals surface area contributed by atoms with Crippen LogP contribution in [0.1, 0.15) is 25.7 Å². The fraction of sp³-hybridized carbons (Fsp3) is 0.636. The second kappa shape index (κ2) is 5.12. The SMILES string of the molecule is O=C(Cn1cccn1)NC1CCC(O)CC1. The van der Waals surface area contributed by atoms with Gasteiger partial charge in [-0.2, -0.15) is 5.10 Å². The van der Waals surface area contributed by atoms with E-state index < -0.39 is 0 Å². The summed E-state index contributed by atoms with van der Waals surface area (Å²) in [5.74, 6) is -0.00918. The van der Waals surface area contributed by atoms with Gasteiger partial charge in [0.15, 0.2) is 0 Å². The van der Waals surface area contributed by atoms with E-state index in [4.69, 9.17) is 0 Å². The molecule has 0 radical (unpaired) electrons. The van der Waals surface area contributed by atoms with Gasteiger partial charge < -0.3 is 10.4 Å². The molecule has 1 aliphatic carbocycles. The van der Waals surface area contributed by atoms with Crippen LogP contribution in [0.2, 0.25) is 0 Å². The number of carbonyl (C=O) groups is 1. The zero-order valence-electron chi connectivity index (χ0n) is 9.17. The number of rotatable bonds is 3. The molecular formula is C11H17N3O2.